The first-order valence-corrected chi connectivity index (χ1v) is 6.94. The highest BCUT2D eigenvalue weighted by Crippen LogP contribution is 2.42. The molecule has 0 aromatic heterocycles. The van der Waals surface area contributed by atoms with Gasteiger partial charge in [0.2, 0.25) is 0 Å². The third-order valence-corrected chi connectivity index (χ3v) is 3.46. The molecule has 0 spiro atoms. The van der Waals surface area contributed by atoms with Crippen LogP contribution < -0.4 is 0 Å². The van der Waals surface area contributed by atoms with Crippen molar-refractivity contribution in [3.8, 4) is 0 Å². The number of allylic oxidation sites excluding steroid dienone is 5. The van der Waals surface area contributed by atoms with Crippen molar-refractivity contribution in [2.45, 2.75) is 39.4 Å². The summed E-state index contributed by atoms with van der Waals surface area (Å²) < 4.78 is 0. The quantitative estimate of drug-likeness (QED) is 0.534. The van der Waals surface area contributed by atoms with Crippen LogP contribution in [0.25, 0.3) is 0 Å². The first kappa shape index (κ1) is 15.9. The Morgan fingerprint density at radius 1 is 1.21 bits per heavy atom. The van der Waals surface area contributed by atoms with Crippen LogP contribution in [0, 0.1) is 5.41 Å². The second-order valence-corrected chi connectivity index (χ2v) is 6.97. The zero-order valence-corrected chi connectivity index (χ0v) is 13.2. The van der Waals surface area contributed by atoms with Gasteiger partial charge in [0.1, 0.15) is 0 Å². The first-order valence-electron chi connectivity index (χ1n) is 6.94. The first-order chi connectivity index (χ1) is 8.71. The smallest absolute Gasteiger partial charge is 0.161 e. The summed E-state index contributed by atoms with van der Waals surface area (Å²) in [6.45, 7) is 18.1. The van der Waals surface area contributed by atoms with Crippen molar-refractivity contribution in [1.82, 2.24) is 4.90 Å². The van der Waals surface area contributed by atoms with Gasteiger partial charge in [-0.05, 0) is 17.9 Å². The van der Waals surface area contributed by atoms with E-state index in [2.05, 4.69) is 66.2 Å². The summed E-state index contributed by atoms with van der Waals surface area (Å²) in [7, 11) is 4.51. The Morgan fingerprint density at radius 3 is 2.37 bits per heavy atom. The van der Waals surface area contributed by atoms with Crippen LogP contribution in [0.2, 0.25) is 5.31 Å². The van der Waals surface area contributed by atoms with Crippen LogP contribution in [0.3, 0.4) is 0 Å². The Bertz CT molecular complexity index is 413. The average Bonchev–Trinajstić information content (AvgIpc) is 2.22. The number of nitrogens with zero attached hydrogens (tertiary/aromatic N) is 1. The van der Waals surface area contributed by atoms with E-state index in [1.54, 1.807) is 0 Å². The van der Waals surface area contributed by atoms with Gasteiger partial charge in [0.05, 0.1) is 0 Å². The lowest BCUT2D eigenvalue weighted by Crippen LogP contribution is -2.37. The summed E-state index contributed by atoms with van der Waals surface area (Å²) in [5.41, 5.74) is 2.72. The minimum atomic E-state index is 0.180. The molecule has 19 heavy (non-hydrogen) atoms. The van der Waals surface area contributed by atoms with E-state index < -0.39 is 0 Å². The molecule has 1 aliphatic heterocycles. The standard InChI is InChI=1S/C17H27BN/c1-8-10-11-14-15(9-2)19(7)13-16(3,4)12-17(5,6)18-14/h8-11H,1-2,12-13H2,3-7H3/b11-10-,15-14-. The Labute approximate surface area is 120 Å². The molecule has 1 heterocycles. The fourth-order valence-corrected chi connectivity index (χ4v) is 3.36. The van der Waals surface area contributed by atoms with E-state index in [0.29, 0.717) is 0 Å². The van der Waals surface area contributed by atoms with Gasteiger partial charge in [0.15, 0.2) is 7.28 Å². The van der Waals surface area contributed by atoms with Crippen LogP contribution in [0.1, 0.15) is 34.1 Å². The molecule has 1 aliphatic rings. The maximum absolute atomic E-state index is 3.98. The topological polar surface area (TPSA) is 3.24 Å². The fraction of sp³-hybridized carbons (Fsp3) is 0.529. The summed E-state index contributed by atoms with van der Waals surface area (Å²) in [6, 6.07) is 0. The Morgan fingerprint density at radius 2 is 1.84 bits per heavy atom. The highest BCUT2D eigenvalue weighted by molar-refractivity contribution is 6.50. The summed E-state index contributed by atoms with van der Waals surface area (Å²) in [5, 5.41) is 0.180. The van der Waals surface area contributed by atoms with Crippen LogP contribution >= 0.6 is 0 Å². The molecule has 103 valence electrons. The van der Waals surface area contributed by atoms with Crippen molar-refractivity contribution in [2.75, 3.05) is 13.6 Å². The molecule has 0 aromatic carbocycles. The summed E-state index contributed by atoms with van der Waals surface area (Å²) in [5.74, 6) is 0. The third kappa shape index (κ3) is 4.45. The minimum absolute atomic E-state index is 0.180. The Balaban J connectivity index is 3.27. The van der Waals surface area contributed by atoms with Gasteiger partial charge in [-0.3, -0.25) is 0 Å². The second kappa shape index (κ2) is 5.86. The van der Waals surface area contributed by atoms with Crippen LogP contribution in [0.5, 0.6) is 0 Å². The van der Waals surface area contributed by atoms with Gasteiger partial charge in [-0.2, -0.15) is 0 Å². The normalized spacial score (nSPS) is 26.5. The van der Waals surface area contributed by atoms with E-state index in [4.69, 9.17) is 0 Å². The van der Waals surface area contributed by atoms with E-state index >= 15 is 0 Å². The summed E-state index contributed by atoms with van der Waals surface area (Å²) in [6.07, 6.45) is 9.06. The van der Waals surface area contributed by atoms with Crippen molar-refractivity contribution in [3.05, 3.63) is 48.6 Å². The molecule has 0 aliphatic carbocycles. The molecule has 1 rings (SSSR count). The molecule has 0 saturated heterocycles. The largest absolute Gasteiger partial charge is 0.375 e. The number of rotatable bonds is 3. The zero-order chi connectivity index (χ0) is 14.7. The number of hydrogen-bond acceptors (Lipinski definition) is 1. The summed E-state index contributed by atoms with van der Waals surface area (Å²) >= 11 is 0. The van der Waals surface area contributed by atoms with E-state index in [1.807, 2.05) is 18.2 Å². The third-order valence-electron chi connectivity index (χ3n) is 3.46. The maximum atomic E-state index is 3.98. The Hall–Kier alpha value is -1.18. The molecule has 1 nitrogen and oxygen atoms in total. The molecule has 0 N–H and O–H groups in total. The molecule has 0 fully saturated rings. The van der Waals surface area contributed by atoms with E-state index in [-0.39, 0.29) is 10.7 Å². The molecule has 0 bridgehead atoms. The van der Waals surface area contributed by atoms with Crippen LogP contribution in [0.15, 0.2) is 48.6 Å². The summed E-state index contributed by atoms with van der Waals surface area (Å²) in [4.78, 5) is 2.31. The average molecular weight is 256 g/mol. The lowest BCUT2D eigenvalue weighted by atomic mass is 9.45. The molecule has 0 atom stereocenters. The van der Waals surface area contributed by atoms with Crippen LogP contribution in [0.4, 0.5) is 0 Å². The van der Waals surface area contributed by atoms with Crippen LogP contribution in [-0.4, -0.2) is 25.8 Å². The van der Waals surface area contributed by atoms with Crippen LogP contribution in [-0.2, 0) is 0 Å². The lowest BCUT2D eigenvalue weighted by Gasteiger charge is -2.42. The van der Waals surface area contributed by atoms with Crippen molar-refractivity contribution in [3.63, 3.8) is 0 Å². The van der Waals surface area contributed by atoms with Gasteiger partial charge in [-0.25, -0.2) is 0 Å². The number of likely N-dealkylation sites (N-methyl/N-ethyl adjacent to an activating group) is 1. The molecule has 0 unspecified atom stereocenters. The highest BCUT2D eigenvalue weighted by atomic mass is 15.1. The minimum Gasteiger partial charge on any atom is -0.375 e. The van der Waals surface area contributed by atoms with Gasteiger partial charge < -0.3 is 4.90 Å². The van der Waals surface area contributed by atoms with Crippen molar-refractivity contribution in [1.29, 1.82) is 0 Å². The second-order valence-electron chi connectivity index (χ2n) is 6.97. The molecule has 0 saturated carbocycles. The lowest BCUT2D eigenvalue weighted by molar-refractivity contribution is 0.211. The van der Waals surface area contributed by atoms with Crippen molar-refractivity contribution in [2.24, 2.45) is 5.41 Å². The molecule has 2 heteroatoms. The van der Waals surface area contributed by atoms with Gasteiger partial charge in [0, 0.05) is 19.3 Å². The molecule has 0 amide bonds. The van der Waals surface area contributed by atoms with Gasteiger partial charge in [0.25, 0.3) is 0 Å². The Kier molecular flexibility index (Phi) is 4.89. The van der Waals surface area contributed by atoms with Gasteiger partial charge in [-0.15, -0.1) is 0 Å². The van der Waals surface area contributed by atoms with Gasteiger partial charge >= 0.3 is 0 Å². The fourth-order valence-electron chi connectivity index (χ4n) is 3.36. The molecular weight excluding hydrogens is 229 g/mol. The predicted molar refractivity (Wildman–Crippen MR) is 87.4 cm³/mol. The predicted octanol–water partition coefficient (Wildman–Crippen LogP) is 4.39. The van der Waals surface area contributed by atoms with Crippen molar-refractivity contribution < 1.29 is 0 Å². The molecule has 1 radical (unpaired) electrons. The van der Waals surface area contributed by atoms with Gasteiger partial charge in [-0.1, -0.05) is 69.9 Å². The molecule has 0 aromatic rings. The van der Waals surface area contributed by atoms with E-state index in [0.717, 1.165) is 6.54 Å². The van der Waals surface area contributed by atoms with E-state index in [1.165, 1.54) is 17.6 Å². The highest BCUT2D eigenvalue weighted by Gasteiger charge is 2.34. The zero-order valence-electron chi connectivity index (χ0n) is 13.2. The molecular formula is C17H27BN. The SMILES string of the molecule is C=C/C=C\C1=C(/C=C)N(C)CC(C)(C)CC(C)(C)[B]1. The monoisotopic (exact) mass is 256 g/mol. The van der Waals surface area contributed by atoms with E-state index in [9.17, 15) is 0 Å². The maximum Gasteiger partial charge on any atom is 0.161 e. The number of hydrogen-bond donors (Lipinski definition) is 0. The van der Waals surface area contributed by atoms with Crippen molar-refractivity contribution >= 4 is 7.28 Å².